The van der Waals surface area contributed by atoms with Gasteiger partial charge in [-0.05, 0) is 128 Å². The molecule has 16 nitrogen and oxygen atoms in total. The first-order chi connectivity index (χ1) is 56.8. The second-order valence-electron chi connectivity index (χ2n) is 34.4. The fourth-order valence-corrected chi connectivity index (χ4v) is 14.6. The smallest absolute Gasteiger partial charge is 0.388 e. The summed E-state index contributed by atoms with van der Waals surface area (Å²) in [4.78, 5) is 93.7. The standard InChI is InChI=1S/2C14H23NOSi.C12H19NOSi.C10H13NO.C5H11I.C5H11NO.C5H14Si.C5H12.C4H9I.C4H9NO.C4H8O2.C4H12OSi.C4H10O.C3H5F3.C3H8.CH3F/c1-6-10-17(4,5)14-9-7-8-13(11-14)15(3)12(2)16;1-5-11-17(3,4)12-15(13(2)16)14-9-7-6-8-10-14;1-11(14)13(10-15(2,3)4)12-8-6-5-7-9-12;1-3-11(9(2)12)10-7-5-4-6-8-10;1-4-5(2,3)6;1-4-6(3)5(2)7;1-5-6(2,3)4;1-4-5(2)3;1-3-4(2)5;1-3-5-4(2)6;1-3-6-4(2)5;1-4-6(2,3)5;1-3-5-4-2;1-2-3(4,5)6;1-3-2;1-2/h7-9,11H,6,10H2,1-5H3;6-10H,5,11-12H2,1-4H3;5-9H,10H2,1-4H3;4-8H,3H2,1-2H3;4H2,1-3H3;4H2,1-3H3;5H2,1-4H3;5H,4H2,1-3H3;4H,3H2,1-2H3;3H2,1-2H3,(H,5,6);3H2,1-2H3;5H,4H2,1-3H3;3-4H2,1-2H3;2H2,1H3;3H2,1-2H3;1H3. The molecule has 4 aromatic carbocycles. The van der Waals surface area contributed by atoms with Crippen molar-refractivity contribution in [2.75, 3.05) is 92.7 Å². The highest BCUT2D eigenvalue weighted by Gasteiger charge is 2.27. The van der Waals surface area contributed by atoms with E-state index in [9.17, 15) is 51.1 Å². The van der Waals surface area contributed by atoms with Crippen LogP contribution < -0.4 is 30.1 Å². The molecule has 0 fully saturated rings. The van der Waals surface area contributed by atoms with Crippen molar-refractivity contribution < 1.29 is 65.4 Å². The highest BCUT2D eigenvalue weighted by molar-refractivity contribution is 14.1. The van der Waals surface area contributed by atoms with Crippen LogP contribution in [-0.4, -0.2) is 178 Å². The van der Waals surface area contributed by atoms with Crippen LogP contribution >= 0.6 is 45.2 Å². The van der Waals surface area contributed by atoms with Gasteiger partial charge in [0.25, 0.3) is 0 Å². The number of para-hydroxylation sites is 3. The lowest BCUT2D eigenvalue weighted by Gasteiger charge is -2.30. The molecule has 0 aromatic heterocycles. The summed E-state index contributed by atoms with van der Waals surface area (Å²) < 4.78 is 52.5. The third-order valence-electron chi connectivity index (χ3n) is 16.9. The van der Waals surface area contributed by atoms with E-state index < -0.39 is 53.2 Å². The molecule has 0 heterocycles. The molecule has 0 bridgehead atoms. The van der Waals surface area contributed by atoms with Gasteiger partial charge in [0.15, 0.2) is 8.32 Å². The first kappa shape index (κ1) is 145. The van der Waals surface area contributed by atoms with E-state index in [2.05, 4.69) is 229 Å². The molecule has 0 aliphatic rings. The van der Waals surface area contributed by atoms with Gasteiger partial charge in [-0.2, -0.15) is 13.2 Å². The van der Waals surface area contributed by atoms with Crippen molar-refractivity contribution in [3.63, 3.8) is 0 Å². The summed E-state index contributed by atoms with van der Waals surface area (Å²) in [5.41, 5.74) is 4.00. The molecule has 124 heavy (non-hydrogen) atoms. The molecule has 6 amide bonds. The molecule has 4 rings (SSSR count). The highest BCUT2D eigenvalue weighted by atomic mass is 127. The second-order valence-corrected chi connectivity index (χ2v) is 65.0. The van der Waals surface area contributed by atoms with Crippen LogP contribution in [0.4, 0.5) is 40.3 Å². The molecule has 0 radical (unpaired) electrons. The molecule has 2 N–H and O–H groups in total. The van der Waals surface area contributed by atoms with Gasteiger partial charge >= 0.3 is 12.1 Å². The van der Waals surface area contributed by atoms with Crippen LogP contribution in [-0.2, 0) is 43.0 Å². The van der Waals surface area contributed by atoms with Crippen LogP contribution in [0.3, 0.4) is 0 Å². The fourth-order valence-electron chi connectivity index (χ4n) is 7.80. The van der Waals surface area contributed by atoms with Gasteiger partial charge in [0.1, 0.15) is 0 Å². The molecule has 4 aromatic rings. The summed E-state index contributed by atoms with van der Waals surface area (Å²) in [7, 11) is -2.05. The van der Waals surface area contributed by atoms with Crippen LogP contribution in [0.2, 0.25) is 103 Å². The molecule has 0 saturated carbocycles. The highest BCUT2D eigenvalue weighted by Crippen LogP contribution is 2.23. The minimum atomic E-state index is -3.96. The number of nitrogens with zero attached hydrogens (tertiary/aromatic N) is 5. The number of halogens is 6. The third-order valence-corrected chi connectivity index (χ3v) is 30.3. The minimum Gasteiger partial charge on any atom is -0.466 e. The van der Waals surface area contributed by atoms with Gasteiger partial charge < -0.3 is 44.1 Å². The number of hydrogen-bond acceptors (Lipinski definition) is 10. The van der Waals surface area contributed by atoms with Gasteiger partial charge in [-0.15, -0.1) is 0 Å². The summed E-state index contributed by atoms with van der Waals surface area (Å²) in [6, 6.07) is 42.9. The molecule has 730 valence electrons. The van der Waals surface area contributed by atoms with Gasteiger partial charge in [0, 0.05) is 152 Å². The van der Waals surface area contributed by atoms with Gasteiger partial charge in [-0.3, -0.25) is 38.0 Å². The Balaban J connectivity index is -0.000000111. The predicted molar refractivity (Wildman–Crippen MR) is 571 cm³/mol. The third kappa shape index (κ3) is 115. The minimum absolute atomic E-state index is 0.0394. The lowest BCUT2D eigenvalue weighted by molar-refractivity contribution is -0.140. The maximum absolute atomic E-state index is 11.8. The zero-order valence-corrected chi connectivity index (χ0v) is 96.5. The van der Waals surface area contributed by atoms with Crippen molar-refractivity contribution in [3.8, 4) is 0 Å². The van der Waals surface area contributed by atoms with E-state index in [1.807, 2.05) is 169 Å². The molecule has 0 aliphatic carbocycles. The van der Waals surface area contributed by atoms with E-state index >= 15 is 0 Å². The molecule has 0 spiro atoms. The maximum atomic E-state index is 11.8. The normalized spacial score (nSPS) is 10.4. The van der Waals surface area contributed by atoms with Crippen LogP contribution in [0, 0.1) is 5.92 Å². The van der Waals surface area contributed by atoms with Crippen molar-refractivity contribution in [2.24, 2.45) is 5.92 Å². The van der Waals surface area contributed by atoms with E-state index in [1.165, 1.54) is 75.7 Å². The topological polar surface area (TPSA) is 186 Å². The Morgan fingerprint density at radius 2 is 0.798 bits per heavy atom. The summed E-state index contributed by atoms with van der Waals surface area (Å²) >= 11 is 4.85. The van der Waals surface area contributed by atoms with E-state index in [1.54, 1.807) is 63.3 Å². The van der Waals surface area contributed by atoms with Crippen molar-refractivity contribution >= 4 is 155 Å². The van der Waals surface area contributed by atoms with Crippen LogP contribution in [0.1, 0.15) is 239 Å². The number of esters is 1. The van der Waals surface area contributed by atoms with Crippen molar-refractivity contribution in [3.05, 3.63) is 115 Å². The first-order valence-electron chi connectivity index (χ1n) is 44.8. The van der Waals surface area contributed by atoms with Gasteiger partial charge in [-0.1, -0.05) is 330 Å². The Labute approximate surface area is 793 Å². The number of amides is 6. The van der Waals surface area contributed by atoms with Crippen LogP contribution in [0.15, 0.2) is 115 Å². The van der Waals surface area contributed by atoms with E-state index in [0.717, 1.165) is 90.7 Å². The number of carbonyl (C=O) groups is 7. The monoisotopic (exact) mass is 2070 g/mol. The number of ether oxygens (including phenoxy) is 2. The Kier molecular flexibility index (Phi) is 104. The van der Waals surface area contributed by atoms with Gasteiger partial charge in [0.05, 0.1) is 38.0 Å². The zero-order chi connectivity index (χ0) is 100. The quantitative estimate of drug-likeness (QED) is 0.0225. The van der Waals surface area contributed by atoms with Crippen molar-refractivity contribution in [1.82, 2.24) is 10.2 Å². The number of rotatable bonds is 24. The van der Waals surface area contributed by atoms with Crippen molar-refractivity contribution in [1.29, 1.82) is 0 Å². The average Bonchev–Trinajstić information content (AvgIpc) is 0.834. The first-order valence-corrected chi connectivity index (χ1v) is 64.4. The predicted octanol–water partition coefficient (Wildman–Crippen LogP) is 28.3. The Morgan fingerprint density at radius 1 is 0.476 bits per heavy atom. The number of alkyl halides is 6. The summed E-state index contributed by atoms with van der Waals surface area (Å²) in [6.45, 7) is 86.0. The lowest BCUT2D eigenvalue weighted by atomic mass is 10.2. The van der Waals surface area contributed by atoms with E-state index in [0.29, 0.717) is 17.2 Å². The molecule has 0 saturated heterocycles. The molecule has 1 atom stereocenters. The number of nitrogens with one attached hydrogen (secondary N) is 1. The molecule has 1 unspecified atom stereocenters. The molecule has 27 heteroatoms. The lowest BCUT2D eigenvalue weighted by Crippen LogP contribution is -2.44. The molecular formula is C97H190F4I2N6O10Si5. The van der Waals surface area contributed by atoms with Gasteiger partial charge in [-0.25, -0.2) is 0 Å². The van der Waals surface area contributed by atoms with Crippen molar-refractivity contribution in [2.45, 2.75) is 355 Å². The van der Waals surface area contributed by atoms with E-state index in [4.69, 9.17) is 9.53 Å². The largest absolute Gasteiger partial charge is 0.466 e. The average molecular weight is 2070 g/mol. The summed E-state index contributed by atoms with van der Waals surface area (Å²) in [6.07, 6.45) is 4.65. The number of anilines is 4. The molecule has 0 aliphatic heterocycles. The van der Waals surface area contributed by atoms with E-state index in [-0.39, 0.29) is 41.4 Å². The summed E-state index contributed by atoms with van der Waals surface area (Å²) in [5, 5.41) is 4.00. The second kappa shape index (κ2) is 89.0. The number of carbonyl (C=O) groups excluding carboxylic acids is 7. The molecular weight excluding hydrogens is 1880 g/mol. The maximum Gasteiger partial charge on any atom is 0.388 e. The summed E-state index contributed by atoms with van der Waals surface area (Å²) in [5.74, 6) is 1.28. The Bertz CT molecular complexity index is 3030. The Hall–Kier alpha value is -4.65. The fraction of sp³-hybridized carbons (Fsp3) is 0.680. The number of benzene rings is 4. The SMILES string of the molecule is CC(=O)N(C[Si](C)(C)C)c1ccccc1.CCC.CCC(C)(C)I.CCC(C)C.CCC(C)I.CCC(F)(F)F.CCC[Si](C)(C)CN(C(C)=O)c1ccccc1.CCC[Si](C)(C)c1cccc(N(C)C(C)=O)c1.CCN(C(C)=O)c1ccccc1.CCN(C)C(C)=O.CCNC(C)=O.CCOC(C)=O.CCOCC.CC[Si](C)(C)C.CC[Si](C)(C)O.CF. The van der Waals surface area contributed by atoms with Gasteiger partial charge in [0.2, 0.25) is 35.4 Å². The Morgan fingerprint density at radius 3 is 0.968 bits per heavy atom. The van der Waals surface area contributed by atoms with Crippen LogP contribution in [0.25, 0.3) is 0 Å². The van der Waals surface area contributed by atoms with Crippen LogP contribution in [0.5, 0.6) is 0 Å². The zero-order valence-electron chi connectivity index (χ0n) is 87.2. The number of hydrogen-bond donors (Lipinski definition) is 2.